The second-order valence-corrected chi connectivity index (χ2v) is 6.71. The molecule has 1 aromatic carbocycles. The maximum absolute atomic E-state index is 10.4. The molecule has 0 aromatic heterocycles. The molecule has 17 heavy (non-hydrogen) atoms. The van der Waals surface area contributed by atoms with Crippen LogP contribution in [0.2, 0.25) is 0 Å². The highest BCUT2D eigenvalue weighted by Crippen LogP contribution is 2.72. The number of aliphatic hydroxyl groups excluding tert-OH is 1. The van der Waals surface area contributed by atoms with Crippen molar-refractivity contribution in [3.05, 3.63) is 35.9 Å². The molecule has 1 heteroatoms. The van der Waals surface area contributed by atoms with Gasteiger partial charge in [0, 0.05) is 5.41 Å². The zero-order chi connectivity index (χ0) is 12.3. The van der Waals surface area contributed by atoms with Gasteiger partial charge in [-0.3, -0.25) is 0 Å². The van der Waals surface area contributed by atoms with E-state index in [1.807, 2.05) is 0 Å². The summed E-state index contributed by atoms with van der Waals surface area (Å²) in [7, 11) is 0. The zero-order valence-corrected chi connectivity index (χ0v) is 11.0. The minimum absolute atomic E-state index is 0.0862. The van der Waals surface area contributed by atoms with Gasteiger partial charge in [-0.15, -0.1) is 0 Å². The molecular formula is C16H22O. The van der Waals surface area contributed by atoms with Gasteiger partial charge in [0.25, 0.3) is 0 Å². The van der Waals surface area contributed by atoms with Crippen LogP contribution in [0.5, 0.6) is 0 Å². The van der Waals surface area contributed by atoms with Crippen molar-refractivity contribution in [1.29, 1.82) is 0 Å². The molecule has 1 N–H and O–H groups in total. The van der Waals surface area contributed by atoms with Gasteiger partial charge in [-0.1, -0.05) is 51.1 Å². The average Bonchev–Trinajstić information content (AvgIpc) is 2.61. The first-order valence-electron chi connectivity index (χ1n) is 6.68. The smallest absolute Gasteiger partial charge is 0.0607 e. The summed E-state index contributed by atoms with van der Waals surface area (Å²) in [5, 5.41) is 10.4. The molecule has 0 heterocycles. The molecule has 1 aromatic rings. The van der Waals surface area contributed by atoms with Crippen LogP contribution >= 0.6 is 0 Å². The second-order valence-electron chi connectivity index (χ2n) is 6.71. The van der Waals surface area contributed by atoms with Gasteiger partial charge in [0.1, 0.15) is 0 Å². The molecule has 1 nitrogen and oxygen atoms in total. The van der Waals surface area contributed by atoms with E-state index in [2.05, 4.69) is 51.1 Å². The predicted molar refractivity (Wildman–Crippen MR) is 69.9 cm³/mol. The number of benzene rings is 1. The summed E-state index contributed by atoms with van der Waals surface area (Å²) in [5.41, 5.74) is 1.87. The van der Waals surface area contributed by atoms with Crippen LogP contribution in [0.15, 0.2) is 30.3 Å². The Balaban J connectivity index is 2.17. The highest BCUT2D eigenvalue weighted by Gasteiger charge is 2.69. The normalized spacial score (nSPS) is 42.9. The Morgan fingerprint density at radius 3 is 2.18 bits per heavy atom. The van der Waals surface area contributed by atoms with E-state index in [0.717, 1.165) is 12.8 Å². The molecule has 2 fully saturated rings. The fourth-order valence-electron chi connectivity index (χ4n) is 4.52. The molecule has 0 aliphatic heterocycles. The predicted octanol–water partition coefficient (Wildman–Crippen LogP) is 3.52. The van der Waals surface area contributed by atoms with Gasteiger partial charge in [-0.2, -0.15) is 0 Å². The van der Waals surface area contributed by atoms with E-state index in [1.165, 1.54) is 12.0 Å². The summed E-state index contributed by atoms with van der Waals surface area (Å²) in [6.07, 6.45) is 3.15. The fraction of sp³-hybridized carbons (Fsp3) is 0.625. The monoisotopic (exact) mass is 230 g/mol. The van der Waals surface area contributed by atoms with E-state index in [1.54, 1.807) is 0 Å². The first kappa shape index (κ1) is 11.3. The molecule has 0 spiro atoms. The van der Waals surface area contributed by atoms with Gasteiger partial charge >= 0.3 is 0 Å². The molecule has 0 amide bonds. The van der Waals surface area contributed by atoms with Crippen LogP contribution in [0, 0.1) is 10.8 Å². The number of aliphatic hydroxyl groups is 1. The van der Waals surface area contributed by atoms with Crippen LogP contribution in [-0.4, -0.2) is 11.2 Å². The van der Waals surface area contributed by atoms with Crippen molar-refractivity contribution in [3.63, 3.8) is 0 Å². The van der Waals surface area contributed by atoms with Crippen LogP contribution < -0.4 is 0 Å². The summed E-state index contributed by atoms with van der Waals surface area (Å²) < 4.78 is 0. The molecule has 3 rings (SSSR count). The number of fused-ring (bicyclic) bond motifs is 2. The SMILES string of the molecule is CC1(C)[C@@]2(c3ccccc3)CC[C@@]1(C)[C@@H](O)C2. The van der Waals surface area contributed by atoms with Crippen LogP contribution in [0.1, 0.15) is 45.6 Å². The van der Waals surface area contributed by atoms with Crippen molar-refractivity contribution in [2.45, 2.75) is 51.6 Å². The van der Waals surface area contributed by atoms with E-state index in [0.29, 0.717) is 0 Å². The summed E-state index contributed by atoms with van der Waals surface area (Å²) in [4.78, 5) is 0. The van der Waals surface area contributed by atoms with Gasteiger partial charge in [-0.05, 0) is 35.7 Å². The van der Waals surface area contributed by atoms with Crippen molar-refractivity contribution in [3.8, 4) is 0 Å². The topological polar surface area (TPSA) is 20.2 Å². The number of rotatable bonds is 1. The highest BCUT2D eigenvalue weighted by atomic mass is 16.3. The standard InChI is InChI=1S/C16H22O/c1-14(2)15(3)9-10-16(14,11-13(15)17)12-7-5-4-6-8-12/h4-8,13,17H,9-11H2,1-3H3/t13-,15-,16-/m0/s1. The third kappa shape index (κ3) is 1.09. The van der Waals surface area contributed by atoms with Gasteiger partial charge < -0.3 is 5.11 Å². The molecule has 3 atom stereocenters. The van der Waals surface area contributed by atoms with Gasteiger partial charge in [-0.25, -0.2) is 0 Å². The zero-order valence-electron chi connectivity index (χ0n) is 11.0. The lowest BCUT2D eigenvalue weighted by molar-refractivity contribution is 0.0123. The molecule has 2 aliphatic carbocycles. The fourth-order valence-corrected chi connectivity index (χ4v) is 4.52. The van der Waals surface area contributed by atoms with E-state index in [9.17, 15) is 5.11 Å². The van der Waals surface area contributed by atoms with Crippen molar-refractivity contribution >= 4 is 0 Å². The largest absolute Gasteiger partial charge is 0.393 e. The Morgan fingerprint density at radius 2 is 1.71 bits per heavy atom. The van der Waals surface area contributed by atoms with Crippen LogP contribution in [-0.2, 0) is 5.41 Å². The second kappa shape index (κ2) is 3.14. The lowest BCUT2D eigenvalue weighted by Crippen LogP contribution is -2.38. The van der Waals surface area contributed by atoms with E-state index in [-0.39, 0.29) is 22.3 Å². The third-order valence-corrected chi connectivity index (χ3v) is 6.30. The molecule has 2 saturated carbocycles. The molecule has 2 aliphatic rings. The molecule has 2 bridgehead atoms. The minimum atomic E-state index is -0.147. The minimum Gasteiger partial charge on any atom is -0.393 e. The Labute approximate surface area is 104 Å². The van der Waals surface area contributed by atoms with E-state index >= 15 is 0 Å². The van der Waals surface area contributed by atoms with Crippen LogP contribution in [0.4, 0.5) is 0 Å². The Bertz CT molecular complexity index is 436. The lowest BCUT2D eigenvalue weighted by Gasteiger charge is -2.41. The van der Waals surface area contributed by atoms with Crippen molar-refractivity contribution in [2.24, 2.45) is 10.8 Å². The van der Waals surface area contributed by atoms with E-state index in [4.69, 9.17) is 0 Å². The summed E-state index contributed by atoms with van der Waals surface area (Å²) in [6, 6.07) is 10.8. The van der Waals surface area contributed by atoms with Gasteiger partial charge in [0.05, 0.1) is 6.10 Å². The first-order chi connectivity index (χ1) is 7.94. The molecule has 0 radical (unpaired) electrons. The maximum Gasteiger partial charge on any atom is 0.0607 e. The summed E-state index contributed by atoms with van der Waals surface area (Å²) >= 11 is 0. The molecule has 0 unspecified atom stereocenters. The quantitative estimate of drug-likeness (QED) is 0.782. The third-order valence-electron chi connectivity index (χ3n) is 6.30. The van der Waals surface area contributed by atoms with Crippen molar-refractivity contribution < 1.29 is 5.11 Å². The lowest BCUT2D eigenvalue weighted by atomic mass is 9.62. The van der Waals surface area contributed by atoms with Crippen LogP contribution in [0.3, 0.4) is 0 Å². The van der Waals surface area contributed by atoms with Crippen molar-refractivity contribution in [1.82, 2.24) is 0 Å². The summed E-state index contributed by atoms with van der Waals surface area (Å²) in [5.74, 6) is 0. The Kier molecular flexibility index (Phi) is 2.08. The van der Waals surface area contributed by atoms with Crippen LogP contribution in [0.25, 0.3) is 0 Å². The highest BCUT2D eigenvalue weighted by molar-refractivity contribution is 5.36. The Morgan fingerprint density at radius 1 is 1.06 bits per heavy atom. The number of hydrogen-bond donors (Lipinski definition) is 1. The molecular weight excluding hydrogens is 208 g/mol. The first-order valence-corrected chi connectivity index (χ1v) is 6.68. The van der Waals surface area contributed by atoms with Gasteiger partial charge in [0.2, 0.25) is 0 Å². The summed E-state index contributed by atoms with van der Waals surface area (Å²) in [6.45, 7) is 6.97. The molecule has 0 saturated heterocycles. The number of hydrogen-bond acceptors (Lipinski definition) is 1. The maximum atomic E-state index is 10.4. The Hall–Kier alpha value is -0.820. The average molecular weight is 230 g/mol. The van der Waals surface area contributed by atoms with E-state index < -0.39 is 0 Å². The molecule has 92 valence electrons. The van der Waals surface area contributed by atoms with Gasteiger partial charge in [0.15, 0.2) is 0 Å². The van der Waals surface area contributed by atoms with Crippen molar-refractivity contribution in [2.75, 3.05) is 0 Å².